The summed E-state index contributed by atoms with van der Waals surface area (Å²) in [7, 11) is 1.28. The number of aromatic nitrogens is 4. The van der Waals surface area contributed by atoms with Gasteiger partial charge in [-0.25, -0.2) is 14.8 Å². The van der Waals surface area contributed by atoms with Gasteiger partial charge in [-0.2, -0.15) is 0 Å². The number of amides is 3. The van der Waals surface area contributed by atoms with Crippen molar-refractivity contribution < 1.29 is 19.1 Å². The van der Waals surface area contributed by atoms with Crippen molar-refractivity contribution in [3.63, 3.8) is 0 Å². The highest BCUT2D eigenvalue weighted by molar-refractivity contribution is 5.86. The molecule has 3 amide bonds. The third-order valence-corrected chi connectivity index (χ3v) is 8.06. The molecule has 3 aromatic rings. The Labute approximate surface area is 283 Å². The van der Waals surface area contributed by atoms with Gasteiger partial charge >= 0.3 is 6.09 Å². The number of carbonyl (C=O) groups is 3. The van der Waals surface area contributed by atoms with Gasteiger partial charge in [-0.1, -0.05) is 53.4 Å². The predicted octanol–water partition coefficient (Wildman–Crippen LogP) is 5.01. The number of alkyl carbamates (subject to hydrolysis) is 1. The van der Waals surface area contributed by atoms with Gasteiger partial charge in [-0.05, 0) is 66.7 Å². The van der Waals surface area contributed by atoms with E-state index in [1.807, 2.05) is 56.9 Å². The van der Waals surface area contributed by atoms with Gasteiger partial charge in [0.1, 0.15) is 29.1 Å². The zero-order chi connectivity index (χ0) is 34.8. The van der Waals surface area contributed by atoms with Crippen LogP contribution in [0.15, 0.2) is 36.7 Å². The maximum absolute atomic E-state index is 13.5. The summed E-state index contributed by atoms with van der Waals surface area (Å²) in [6.07, 6.45) is 4.91. The van der Waals surface area contributed by atoms with Gasteiger partial charge in [0.05, 0.1) is 32.1 Å². The van der Waals surface area contributed by atoms with Crippen LogP contribution in [0.2, 0.25) is 0 Å². The first kappa shape index (κ1) is 35.8. The molecule has 4 rings (SSSR count). The number of likely N-dealkylation sites (tertiary alicyclic amines) is 1. The minimum atomic E-state index is -0.697. The molecule has 1 aliphatic rings. The van der Waals surface area contributed by atoms with E-state index in [0.29, 0.717) is 49.2 Å². The summed E-state index contributed by atoms with van der Waals surface area (Å²) in [5.41, 5.74) is 2.99. The number of imidazole rings is 2. The van der Waals surface area contributed by atoms with Gasteiger partial charge in [0, 0.05) is 30.6 Å². The summed E-state index contributed by atoms with van der Waals surface area (Å²) >= 11 is 0. The second-order valence-corrected chi connectivity index (χ2v) is 13.1. The normalized spacial score (nSPS) is 16.1. The average Bonchev–Trinajstić information content (AvgIpc) is 3.81. The molecule has 3 atom stereocenters. The molecule has 254 valence electrons. The summed E-state index contributed by atoms with van der Waals surface area (Å²) in [5.74, 6) is 14.4. The lowest BCUT2D eigenvalue weighted by atomic mass is 10.0. The van der Waals surface area contributed by atoms with E-state index in [4.69, 9.17) is 4.74 Å². The smallest absolute Gasteiger partial charge is 0.407 e. The zero-order valence-corrected chi connectivity index (χ0v) is 29.0. The first-order chi connectivity index (χ1) is 23.0. The van der Waals surface area contributed by atoms with E-state index >= 15 is 0 Å². The molecule has 48 heavy (non-hydrogen) atoms. The number of nitrogens with zero attached hydrogens (tertiary/aromatic N) is 4. The highest BCUT2D eigenvalue weighted by Crippen LogP contribution is 2.34. The second-order valence-electron chi connectivity index (χ2n) is 13.1. The van der Waals surface area contributed by atoms with Gasteiger partial charge in [0.2, 0.25) is 11.8 Å². The highest BCUT2D eigenvalue weighted by atomic mass is 16.5. The fourth-order valence-corrected chi connectivity index (χ4v) is 5.64. The lowest BCUT2D eigenvalue weighted by Crippen LogP contribution is -2.51. The Hall–Kier alpha value is -5.03. The highest BCUT2D eigenvalue weighted by Gasteiger charge is 2.40. The van der Waals surface area contributed by atoms with E-state index in [1.165, 1.54) is 7.11 Å². The Balaban J connectivity index is 1.39. The van der Waals surface area contributed by atoms with Crippen molar-refractivity contribution in [2.45, 2.75) is 79.4 Å². The lowest BCUT2D eigenvalue weighted by Gasteiger charge is -2.30. The largest absolute Gasteiger partial charge is 0.453 e. The molecule has 1 aliphatic heterocycles. The topological polar surface area (TPSA) is 136 Å². The molecule has 0 radical (unpaired) electrons. The molecular weight excluding hydrogens is 606 g/mol. The van der Waals surface area contributed by atoms with E-state index in [2.05, 4.69) is 62.8 Å². The summed E-state index contributed by atoms with van der Waals surface area (Å²) in [5, 5.41) is 2.68. The SMILES string of the molecule is CCCN(Cc1ncc(C#Cc2ccc(C#Cc3cnc(C4CC(C)CN4C(=O)C(NC(=O)OC)C(C)C)[nH]3)cc2)[nH]1)C(=O)CC(C)C. The number of aromatic amines is 2. The standard InChI is InChI=1S/C37H47N7O4/c1-8-17-43(33(45)18-24(2)3)23-32-38-20-29(40-32)15-13-27-9-11-28(12-10-27)14-16-30-21-39-35(41-30)31-19-26(6)22-44(31)36(46)34(25(4)5)42-37(47)48-7/h9-12,20-21,24-26,31,34H,8,17-19,22-23H2,1-7H3,(H,38,40)(H,39,41)(H,42,47). The molecule has 11 nitrogen and oxygen atoms in total. The fourth-order valence-electron chi connectivity index (χ4n) is 5.64. The fraction of sp³-hybridized carbons (Fsp3) is 0.486. The molecule has 2 aromatic heterocycles. The molecule has 1 saturated heterocycles. The van der Waals surface area contributed by atoms with Crippen LogP contribution in [0, 0.1) is 41.4 Å². The van der Waals surface area contributed by atoms with Gasteiger partial charge in [0.15, 0.2) is 0 Å². The molecule has 3 heterocycles. The van der Waals surface area contributed by atoms with Crippen LogP contribution in [-0.2, 0) is 20.9 Å². The average molecular weight is 654 g/mol. The Bertz CT molecular complexity index is 1680. The van der Waals surface area contributed by atoms with Crippen LogP contribution in [0.25, 0.3) is 0 Å². The van der Waals surface area contributed by atoms with Crippen molar-refractivity contribution in [2.75, 3.05) is 20.2 Å². The molecule has 1 fully saturated rings. The number of hydrogen-bond donors (Lipinski definition) is 3. The molecule has 0 spiro atoms. The minimum Gasteiger partial charge on any atom is -0.453 e. The molecule has 11 heteroatoms. The lowest BCUT2D eigenvalue weighted by molar-refractivity contribution is -0.135. The Morgan fingerprint density at radius 1 is 1.00 bits per heavy atom. The van der Waals surface area contributed by atoms with Crippen LogP contribution in [0.3, 0.4) is 0 Å². The van der Waals surface area contributed by atoms with Gasteiger partial charge in [-0.3, -0.25) is 9.59 Å². The van der Waals surface area contributed by atoms with Crippen molar-refractivity contribution in [2.24, 2.45) is 17.8 Å². The summed E-state index contributed by atoms with van der Waals surface area (Å²) in [6, 6.07) is 6.71. The van der Waals surface area contributed by atoms with Crippen molar-refractivity contribution >= 4 is 17.9 Å². The van der Waals surface area contributed by atoms with Crippen molar-refractivity contribution in [1.82, 2.24) is 35.1 Å². The predicted molar refractivity (Wildman–Crippen MR) is 183 cm³/mol. The van der Waals surface area contributed by atoms with Crippen molar-refractivity contribution in [1.29, 1.82) is 0 Å². The van der Waals surface area contributed by atoms with Crippen LogP contribution in [-0.4, -0.2) is 73.9 Å². The van der Waals surface area contributed by atoms with E-state index in [0.717, 1.165) is 29.8 Å². The Morgan fingerprint density at radius 2 is 1.62 bits per heavy atom. The molecule has 3 unspecified atom stereocenters. The van der Waals surface area contributed by atoms with E-state index in [1.54, 1.807) is 17.3 Å². The molecule has 3 N–H and O–H groups in total. The number of ether oxygens (including phenoxy) is 1. The zero-order valence-electron chi connectivity index (χ0n) is 29.0. The third kappa shape index (κ3) is 9.74. The molecule has 0 aliphatic carbocycles. The number of hydrogen-bond acceptors (Lipinski definition) is 6. The quantitative estimate of drug-likeness (QED) is 0.264. The number of nitrogens with one attached hydrogen (secondary N) is 3. The Morgan fingerprint density at radius 3 is 2.21 bits per heavy atom. The van der Waals surface area contributed by atoms with Gasteiger partial charge < -0.3 is 29.8 Å². The summed E-state index contributed by atoms with van der Waals surface area (Å²) in [4.78, 5) is 57.2. The first-order valence-electron chi connectivity index (χ1n) is 16.6. The number of carbonyl (C=O) groups excluding carboxylic acids is 3. The monoisotopic (exact) mass is 653 g/mol. The van der Waals surface area contributed by atoms with Crippen LogP contribution < -0.4 is 5.32 Å². The van der Waals surface area contributed by atoms with Gasteiger partial charge in [-0.15, -0.1) is 0 Å². The molecular formula is C37H47N7O4. The van der Waals surface area contributed by atoms with Crippen molar-refractivity contribution in [3.05, 3.63) is 70.8 Å². The summed E-state index contributed by atoms with van der Waals surface area (Å²) in [6.45, 7) is 13.8. The second kappa shape index (κ2) is 16.7. The first-order valence-corrected chi connectivity index (χ1v) is 16.6. The number of benzene rings is 1. The summed E-state index contributed by atoms with van der Waals surface area (Å²) < 4.78 is 4.74. The van der Waals surface area contributed by atoms with Crippen LogP contribution in [0.1, 0.15) is 101 Å². The van der Waals surface area contributed by atoms with Crippen molar-refractivity contribution in [3.8, 4) is 23.7 Å². The third-order valence-electron chi connectivity index (χ3n) is 8.06. The number of H-pyrrole nitrogens is 2. The van der Waals surface area contributed by atoms with Crippen LogP contribution in [0.5, 0.6) is 0 Å². The minimum absolute atomic E-state index is 0.110. The van der Waals surface area contributed by atoms with Crippen LogP contribution in [0.4, 0.5) is 4.79 Å². The molecule has 0 bridgehead atoms. The van der Waals surface area contributed by atoms with E-state index < -0.39 is 12.1 Å². The van der Waals surface area contributed by atoms with Gasteiger partial charge in [0.25, 0.3) is 0 Å². The molecule has 0 saturated carbocycles. The van der Waals surface area contributed by atoms with E-state index in [9.17, 15) is 14.4 Å². The van der Waals surface area contributed by atoms with E-state index in [-0.39, 0.29) is 29.7 Å². The maximum Gasteiger partial charge on any atom is 0.407 e. The molecule has 1 aromatic carbocycles. The van der Waals surface area contributed by atoms with Crippen LogP contribution >= 0.6 is 0 Å². The number of rotatable bonds is 10. The maximum atomic E-state index is 13.5. The number of methoxy groups -OCH3 is 1. The Kier molecular flexibility index (Phi) is 12.5.